The van der Waals surface area contributed by atoms with E-state index in [0.717, 1.165) is 30.7 Å². The third-order valence-corrected chi connectivity index (χ3v) is 5.52. The highest BCUT2D eigenvalue weighted by Crippen LogP contribution is 2.41. The number of rotatable bonds is 8. The zero-order valence-corrected chi connectivity index (χ0v) is 15.9. The lowest BCUT2D eigenvalue weighted by Crippen LogP contribution is -2.48. The Kier molecular flexibility index (Phi) is 6.17. The maximum atomic E-state index is 12.9. The van der Waals surface area contributed by atoms with Gasteiger partial charge in [0.1, 0.15) is 5.75 Å². The van der Waals surface area contributed by atoms with Crippen LogP contribution in [-0.4, -0.2) is 36.9 Å². The molecule has 1 aromatic rings. The van der Waals surface area contributed by atoms with Crippen molar-refractivity contribution in [3.63, 3.8) is 0 Å². The number of methoxy groups -OCH3 is 1. The summed E-state index contributed by atoms with van der Waals surface area (Å²) in [6, 6.07) is 7.52. The standard InChI is InChI=1S/C21H30N2O3/c1-3-4-13-23-19(24)12-11-17(21(25)22-14-15-9-10-15)20(23)16-7-5-6-8-18(16)26-2/h5-8,15,17,20H,3-4,9-14H2,1-2H3,(H,22,25). The van der Waals surface area contributed by atoms with Crippen LogP contribution in [0, 0.1) is 11.8 Å². The largest absolute Gasteiger partial charge is 0.496 e. The molecule has 1 saturated carbocycles. The summed E-state index contributed by atoms with van der Waals surface area (Å²) in [7, 11) is 1.64. The highest BCUT2D eigenvalue weighted by molar-refractivity contribution is 5.85. The predicted octanol–water partition coefficient (Wildman–Crippen LogP) is 3.30. The molecule has 0 spiro atoms. The number of hydrogen-bond acceptors (Lipinski definition) is 3. The molecular weight excluding hydrogens is 328 g/mol. The molecule has 0 radical (unpaired) electrons. The molecule has 1 heterocycles. The number of piperidine rings is 1. The summed E-state index contributed by atoms with van der Waals surface area (Å²) in [6.45, 7) is 3.56. The van der Waals surface area contributed by atoms with E-state index >= 15 is 0 Å². The van der Waals surface area contributed by atoms with Gasteiger partial charge in [-0.05, 0) is 37.7 Å². The number of para-hydroxylation sites is 1. The number of likely N-dealkylation sites (tertiary alicyclic amines) is 1. The number of carbonyl (C=O) groups excluding carboxylic acids is 2. The lowest BCUT2D eigenvalue weighted by Gasteiger charge is -2.41. The first-order chi connectivity index (χ1) is 12.7. The van der Waals surface area contributed by atoms with Gasteiger partial charge in [0, 0.05) is 25.1 Å². The quantitative estimate of drug-likeness (QED) is 0.776. The third kappa shape index (κ3) is 4.19. The molecule has 2 aliphatic rings. The SMILES string of the molecule is CCCCN1C(=O)CCC(C(=O)NCC2CC2)C1c1ccccc1OC. The number of nitrogens with one attached hydrogen (secondary N) is 1. The first kappa shape index (κ1) is 18.7. The van der Waals surface area contributed by atoms with E-state index in [1.54, 1.807) is 7.11 Å². The van der Waals surface area contributed by atoms with Crippen LogP contribution in [0.3, 0.4) is 0 Å². The summed E-state index contributed by atoms with van der Waals surface area (Å²) >= 11 is 0. The summed E-state index contributed by atoms with van der Waals surface area (Å²) < 4.78 is 5.55. The van der Waals surface area contributed by atoms with Crippen LogP contribution in [-0.2, 0) is 9.59 Å². The fourth-order valence-corrected chi connectivity index (χ4v) is 3.81. The molecule has 0 bridgehead atoms. The van der Waals surface area contributed by atoms with Gasteiger partial charge in [0.15, 0.2) is 0 Å². The predicted molar refractivity (Wildman–Crippen MR) is 101 cm³/mol. The topological polar surface area (TPSA) is 58.6 Å². The molecule has 2 atom stereocenters. The van der Waals surface area contributed by atoms with Crippen molar-refractivity contribution < 1.29 is 14.3 Å². The van der Waals surface area contributed by atoms with E-state index in [1.165, 1.54) is 12.8 Å². The van der Waals surface area contributed by atoms with Crippen LogP contribution in [0.25, 0.3) is 0 Å². The monoisotopic (exact) mass is 358 g/mol. The Morgan fingerprint density at radius 2 is 2.04 bits per heavy atom. The van der Waals surface area contributed by atoms with Crippen molar-refractivity contribution in [1.29, 1.82) is 0 Å². The molecule has 142 valence electrons. The molecule has 5 nitrogen and oxygen atoms in total. The number of carbonyl (C=O) groups is 2. The molecule has 1 N–H and O–H groups in total. The molecule has 26 heavy (non-hydrogen) atoms. The number of ether oxygens (including phenoxy) is 1. The van der Waals surface area contributed by atoms with Crippen molar-refractivity contribution in [2.75, 3.05) is 20.2 Å². The van der Waals surface area contributed by atoms with Crippen LogP contribution < -0.4 is 10.1 Å². The summed E-state index contributed by atoms with van der Waals surface area (Å²) in [5.74, 6) is 1.38. The smallest absolute Gasteiger partial charge is 0.225 e. The normalized spacial score (nSPS) is 23.0. The Labute approximate surface area is 156 Å². The van der Waals surface area contributed by atoms with Gasteiger partial charge in [-0.2, -0.15) is 0 Å². The molecule has 1 saturated heterocycles. The van der Waals surface area contributed by atoms with Gasteiger partial charge >= 0.3 is 0 Å². The van der Waals surface area contributed by atoms with E-state index in [-0.39, 0.29) is 23.8 Å². The molecule has 2 fully saturated rings. The lowest BCUT2D eigenvalue weighted by molar-refractivity contribution is -0.143. The molecule has 2 amide bonds. The molecule has 5 heteroatoms. The number of benzene rings is 1. The van der Waals surface area contributed by atoms with Gasteiger partial charge in [-0.25, -0.2) is 0 Å². The maximum absolute atomic E-state index is 12.9. The van der Waals surface area contributed by atoms with Crippen LogP contribution in [0.1, 0.15) is 57.1 Å². The molecule has 1 aromatic carbocycles. The van der Waals surface area contributed by atoms with E-state index in [9.17, 15) is 9.59 Å². The molecule has 1 aliphatic heterocycles. The Balaban J connectivity index is 1.89. The van der Waals surface area contributed by atoms with Crippen LogP contribution in [0.2, 0.25) is 0 Å². The summed E-state index contributed by atoms with van der Waals surface area (Å²) in [5.41, 5.74) is 0.936. The van der Waals surface area contributed by atoms with Crippen molar-refractivity contribution in [2.45, 2.75) is 51.5 Å². The molecule has 3 rings (SSSR count). The average Bonchev–Trinajstić information content (AvgIpc) is 3.49. The Bertz CT molecular complexity index is 642. The van der Waals surface area contributed by atoms with E-state index in [1.807, 2.05) is 29.2 Å². The van der Waals surface area contributed by atoms with Gasteiger partial charge in [0.25, 0.3) is 0 Å². The first-order valence-corrected chi connectivity index (χ1v) is 9.85. The van der Waals surface area contributed by atoms with Crippen molar-refractivity contribution >= 4 is 11.8 Å². The Morgan fingerprint density at radius 1 is 1.27 bits per heavy atom. The minimum Gasteiger partial charge on any atom is -0.496 e. The summed E-state index contributed by atoms with van der Waals surface area (Å²) in [5, 5.41) is 3.13. The fraction of sp³-hybridized carbons (Fsp3) is 0.619. The van der Waals surface area contributed by atoms with Crippen LogP contribution >= 0.6 is 0 Å². The van der Waals surface area contributed by atoms with Crippen LogP contribution in [0.4, 0.5) is 0 Å². The van der Waals surface area contributed by atoms with Crippen molar-refractivity contribution in [3.05, 3.63) is 29.8 Å². The lowest BCUT2D eigenvalue weighted by atomic mass is 9.83. The van der Waals surface area contributed by atoms with Gasteiger partial charge in [-0.15, -0.1) is 0 Å². The second-order valence-electron chi connectivity index (χ2n) is 7.46. The molecule has 1 aliphatic carbocycles. The van der Waals surface area contributed by atoms with Gasteiger partial charge < -0.3 is 15.0 Å². The zero-order chi connectivity index (χ0) is 18.5. The minimum atomic E-state index is -0.252. The number of unbranched alkanes of at least 4 members (excludes halogenated alkanes) is 1. The highest BCUT2D eigenvalue weighted by atomic mass is 16.5. The number of nitrogens with zero attached hydrogens (tertiary/aromatic N) is 1. The highest BCUT2D eigenvalue weighted by Gasteiger charge is 2.41. The fourth-order valence-electron chi connectivity index (χ4n) is 3.81. The second-order valence-corrected chi connectivity index (χ2v) is 7.46. The summed E-state index contributed by atoms with van der Waals surface area (Å²) in [4.78, 5) is 27.5. The van der Waals surface area contributed by atoms with Gasteiger partial charge in [-0.1, -0.05) is 31.5 Å². The van der Waals surface area contributed by atoms with Crippen molar-refractivity contribution in [2.24, 2.45) is 11.8 Å². The number of amides is 2. The van der Waals surface area contributed by atoms with E-state index in [4.69, 9.17) is 4.74 Å². The molecular formula is C21H30N2O3. The first-order valence-electron chi connectivity index (χ1n) is 9.85. The van der Waals surface area contributed by atoms with Gasteiger partial charge in [0.05, 0.1) is 19.1 Å². The number of hydrogen-bond donors (Lipinski definition) is 1. The molecule has 0 aromatic heterocycles. The van der Waals surface area contributed by atoms with Crippen LogP contribution in [0.5, 0.6) is 5.75 Å². The maximum Gasteiger partial charge on any atom is 0.225 e. The zero-order valence-electron chi connectivity index (χ0n) is 15.9. The Morgan fingerprint density at radius 3 is 2.73 bits per heavy atom. The summed E-state index contributed by atoms with van der Waals surface area (Å²) in [6.07, 6.45) is 5.41. The molecule has 2 unspecified atom stereocenters. The van der Waals surface area contributed by atoms with Crippen molar-refractivity contribution in [3.8, 4) is 5.75 Å². The van der Waals surface area contributed by atoms with Gasteiger partial charge in [0.2, 0.25) is 11.8 Å². The average molecular weight is 358 g/mol. The van der Waals surface area contributed by atoms with E-state index in [2.05, 4.69) is 12.2 Å². The van der Waals surface area contributed by atoms with Crippen molar-refractivity contribution in [1.82, 2.24) is 10.2 Å². The Hall–Kier alpha value is -2.04. The van der Waals surface area contributed by atoms with E-state index < -0.39 is 0 Å². The second kappa shape index (κ2) is 8.56. The third-order valence-electron chi connectivity index (χ3n) is 5.52. The minimum absolute atomic E-state index is 0.0711. The van der Waals surface area contributed by atoms with Gasteiger partial charge in [-0.3, -0.25) is 9.59 Å². The van der Waals surface area contributed by atoms with Crippen LogP contribution in [0.15, 0.2) is 24.3 Å². The van der Waals surface area contributed by atoms with E-state index in [0.29, 0.717) is 25.3 Å².